The molecule has 4 rings (SSSR count). The van der Waals surface area contributed by atoms with E-state index < -0.39 is 0 Å². The van der Waals surface area contributed by atoms with E-state index in [-0.39, 0.29) is 23.2 Å². The van der Waals surface area contributed by atoms with Gasteiger partial charge in [0.2, 0.25) is 0 Å². The Hall–Kier alpha value is -2.65. The van der Waals surface area contributed by atoms with Gasteiger partial charge in [0.15, 0.2) is 5.16 Å². The summed E-state index contributed by atoms with van der Waals surface area (Å²) in [5, 5.41) is 0.757. The summed E-state index contributed by atoms with van der Waals surface area (Å²) in [7, 11) is 0. The van der Waals surface area contributed by atoms with Crippen molar-refractivity contribution < 1.29 is 19.1 Å². The first kappa shape index (κ1) is 27.4. The molecule has 0 radical (unpaired) electrons. The molecule has 2 fully saturated rings. The molecule has 1 aromatic heterocycles. The van der Waals surface area contributed by atoms with Gasteiger partial charge in [-0.3, -0.25) is 9.59 Å². The Morgan fingerprint density at radius 2 is 1.84 bits per heavy atom. The van der Waals surface area contributed by atoms with Gasteiger partial charge in [0.25, 0.3) is 5.91 Å². The lowest BCUT2D eigenvalue weighted by Crippen LogP contribution is -2.42. The highest BCUT2D eigenvalue weighted by Crippen LogP contribution is 2.29. The van der Waals surface area contributed by atoms with E-state index in [1.54, 1.807) is 23.6 Å². The van der Waals surface area contributed by atoms with Crippen LogP contribution in [-0.4, -0.2) is 72.7 Å². The fourth-order valence-corrected chi connectivity index (χ4v) is 5.31. The van der Waals surface area contributed by atoms with Crippen LogP contribution in [0.5, 0.6) is 0 Å². The largest absolute Gasteiger partial charge is 0.466 e. The topological polar surface area (TPSA) is 84.9 Å². The molecule has 0 bridgehead atoms. The minimum absolute atomic E-state index is 0.0374. The number of thioether (sulfide) groups is 1. The predicted molar refractivity (Wildman–Crippen MR) is 145 cm³/mol. The van der Waals surface area contributed by atoms with Gasteiger partial charge in [-0.1, -0.05) is 44.7 Å². The number of carbonyl (C=O) groups is 2. The first-order valence-electron chi connectivity index (χ1n) is 13.1. The van der Waals surface area contributed by atoms with E-state index in [0.29, 0.717) is 44.2 Å². The van der Waals surface area contributed by atoms with E-state index in [1.807, 2.05) is 24.3 Å². The third-order valence-corrected chi connectivity index (χ3v) is 7.61. The van der Waals surface area contributed by atoms with Gasteiger partial charge in [-0.15, -0.1) is 0 Å². The Balaban J connectivity index is 1.40. The average molecular weight is 527 g/mol. The van der Waals surface area contributed by atoms with Crippen molar-refractivity contribution in [2.75, 3.05) is 50.9 Å². The van der Waals surface area contributed by atoms with E-state index in [1.165, 1.54) is 0 Å². The van der Waals surface area contributed by atoms with Crippen molar-refractivity contribution in [3.05, 3.63) is 47.2 Å². The lowest BCUT2D eigenvalue weighted by molar-refractivity contribution is -0.149. The Labute approximate surface area is 224 Å². The van der Waals surface area contributed by atoms with Gasteiger partial charge in [-0.05, 0) is 37.5 Å². The smallest absolute Gasteiger partial charge is 0.310 e. The van der Waals surface area contributed by atoms with Crippen LogP contribution in [0.4, 0.5) is 5.82 Å². The standard InChI is InChI=1S/C28H38N4O4S/c1-5-36-26(34)22-7-6-12-32(18-22)25(33)21-10-8-20(9-11-21)19-37-27-29-23(28(2,3)4)17-24(30-27)31-13-15-35-16-14-31/h8-11,17,22H,5-7,12-16,18-19H2,1-4H3. The number of ether oxygens (including phenoxy) is 2. The lowest BCUT2D eigenvalue weighted by Gasteiger charge is -2.31. The Bertz CT molecular complexity index is 1080. The number of benzene rings is 1. The van der Waals surface area contributed by atoms with Gasteiger partial charge >= 0.3 is 5.97 Å². The summed E-state index contributed by atoms with van der Waals surface area (Å²) >= 11 is 1.61. The van der Waals surface area contributed by atoms with Crippen LogP contribution in [0.25, 0.3) is 0 Å². The van der Waals surface area contributed by atoms with Crippen LogP contribution in [-0.2, 0) is 25.4 Å². The van der Waals surface area contributed by atoms with Crippen LogP contribution in [0, 0.1) is 5.92 Å². The summed E-state index contributed by atoms with van der Waals surface area (Å²) in [6.07, 6.45) is 1.58. The maximum atomic E-state index is 13.1. The number of anilines is 1. The molecule has 37 heavy (non-hydrogen) atoms. The molecule has 8 nitrogen and oxygen atoms in total. The Morgan fingerprint density at radius 3 is 2.51 bits per heavy atom. The molecule has 2 aromatic rings. The van der Waals surface area contributed by atoms with Gasteiger partial charge in [0.1, 0.15) is 5.82 Å². The molecule has 200 valence electrons. The zero-order valence-electron chi connectivity index (χ0n) is 22.4. The highest BCUT2D eigenvalue weighted by atomic mass is 32.2. The van der Waals surface area contributed by atoms with Crippen molar-refractivity contribution in [3.8, 4) is 0 Å². The molecular weight excluding hydrogens is 488 g/mol. The number of rotatable bonds is 7. The molecule has 1 aromatic carbocycles. The quantitative estimate of drug-likeness (QED) is 0.300. The van der Waals surface area contributed by atoms with Crippen molar-refractivity contribution in [3.63, 3.8) is 0 Å². The van der Waals surface area contributed by atoms with Gasteiger partial charge < -0.3 is 19.3 Å². The van der Waals surface area contributed by atoms with E-state index in [9.17, 15) is 9.59 Å². The first-order valence-corrected chi connectivity index (χ1v) is 14.1. The van der Waals surface area contributed by atoms with Gasteiger partial charge in [-0.25, -0.2) is 9.97 Å². The normalized spacial score (nSPS) is 18.5. The van der Waals surface area contributed by atoms with Crippen LogP contribution in [0.1, 0.15) is 62.2 Å². The van der Waals surface area contributed by atoms with Gasteiger partial charge in [0.05, 0.1) is 31.4 Å². The highest BCUT2D eigenvalue weighted by molar-refractivity contribution is 7.98. The molecule has 9 heteroatoms. The summed E-state index contributed by atoms with van der Waals surface area (Å²) in [4.78, 5) is 38.9. The first-order chi connectivity index (χ1) is 17.7. The van der Waals surface area contributed by atoms with E-state index >= 15 is 0 Å². The minimum atomic E-state index is -0.237. The fourth-order valence-electron chi connectivity index (χ4n) is 4.50. The molecule has 1 amide bonds. The number of likely N-dealkylation sites (tertiary alicyclic amines) is 1. The molecule has 1 atom stereocenters. The third-order valence-electron chi connectivity index (χ3n) is 6.69. The van der Waals surface area contributed by atoms with Crippen LogP contribution >= 0.6 is 11.8 Å². The van der Waals surface area contributed by atoms with Crippen molar-refractivity contribution in [1.29, 1.82) is 0 Å². The third kappa shape index (κ3) is 7.23. The zero-order valence-corrected chi connectivity index (χ0v) is 23.2. The van der Waals surface area contributed by atoms with Crippen molar-refractivity contribution in [2.24, 2.45) is 5.92 Å². The van der Waals surface area contributed by atoms with Crippen LogP contribution < -0.4 is 4.90 Å². The SMILES string of the molecule is CCOC(=O)C1CCCN(C(=O)c2ccc(CSc3nc(N4CCOCC4)cc(C(C)(C)C)n3)cc2)C1. The number of aromatic nitrogens is 2. The number of hydrogen-bond donors (Lipinski definition) is 0. The van der Waals surface area contributed by atoms with Gasteiger partial charge in [0, 0.05) is 49.0 Å². The van der Waals surface area contributed by atoms with Crippen molar-refractivity contribution in [2.45, 2.75) is 56.9 Å². The highest BCUT2D eigenvalue weighted by Gasteiger charge is 2.30. The summed E-state index contributed by atoms with van der Waals surface area (Å²) < 4.78 is 10.7. The molecule has 2 aliphatic rings. The van der Waals surface area contributed by atoms with E-state index in [0.717, 1.165) is 48.2 Å². The fraction of sp³-hybridized carbons (Fsp3) is 0.571. The molecule has 2 aliphatic heterocycles. The lowest BCUT2D eigenvalue weighted by atomic mass is 9.92. The predicted octanol–water partition coefficient (Wildman–Crippen LogP) is 4.32. The second-order valence-corrected chi connectivity index (χ2v) is 11.5. The average Bonchev–Trinajstić information content (AvgIpc) is 2.92. The number of piperidine rings is 1. The Kier molecular flexibility index (Phi) is 9.08. The minimum Gasteiger partial charge on any atom is -0.466 e. The number of esters is 1. The molecule has 0 spiro atoms. The van der Waals surface area contributed by atoms with Gasteiger partial charge in [-0.2, -0.15) is 0 Å². The van der Waals surface area contributed by atoms with Crippen molar-refractivity contribution >= 4 is 29.5 Å². The second kappa shape index (κ2) is 12.3. The summed E-state index contributed by atoms with van der Waals surface area (Å²) in [5.74, 6) is 1.18. The monoisotopic (exact) mass is 526 g/mol. The molecule has 2 saturated heterocycles. The molecule has 0 aliphatic carbocycles. The number of nitrogens with zero attached hydrogens (tertiary/aromatic N) is 4. The molecule has 3 heterocycles. The molecule has 0 saturated carbocycles. The Morgan fingerprint density at radius 1 is 1.11 bits per heavy atom. The maximum absolute atomic E-state index is 13.1. The summed E-state index contributed by atoms with van der Waals surface area (Å²) in [6, 6.07) is 9.82. The van der Waals surface area contributed by atoms with Crippen LogP contribution in [0.15, 0.2) is 35.5 Å². The number of morpholine rings is 1. The van der Waals surface area contributed by atoms with Crippen LogP contribution in [0.2, 0.25) is 0 Å². The van der Waals surface area contributed by atoms with E-state index in [4.69, 9.17) is 19.4 Å². The molecule has 1 unspecified atom stereocenters. The second-order valence-electron chi connectivity index (χ2n) is 10.6. The molecule has 0 N–H and O–H groups in total. The number of carbonyl (C=O) groups excluding carboxylic acids is 2. The zero-order chi connectivity index (χ0) is 26.4. The maximum Gasteiger partial charge on any atom is 0.310 e. The number of amides is 1. The summed E-state index contributed by atoms with van der Waals surface area (Å²) in [6.45, 7) is 12.8. The number of hydrogen-bond acceptors (Lipinski definition) is 8. The van der Waals surface area contributed by atoms with Crippen molar-refractivity contribution in [1.82, 2.24) is 14.9 Å². The van der Waals surface area contributed by atoms with Crippen LogP contribution in [0.3, 0.4) is 0 Å². The molecular formula is C28H38N4O4S. The van der Waals surface area contributed by atoms with E-state index in [2.05, 4.69) is 31.7 Å². The summed E-state index contributed by atoms with van der Waals surface area (Å²) in [5.41, 5.74) is 2.68.